The Bertz CT molecular complexity index is 1210. The summed E-state index contributed by atoms with van der Waals surface area (Å²) in [6.07, 6.45) is 1.22. The molecule has 0 amide bonds. The standard InChI is InChI=1S/C26H25BCl2IN2O2S/c1-14-5-3-8-19(30)25(14)27-32-22(26(33)34-2)12-15-9-10-20-16(11-15)23(35)13-21(31-20)24-17(28)6-4-7-18(24)29/h3-11,21-23,31-32,35H,12-13H2,1-2H3. The Morgan fingerprint density at radius 3 is 2.63 bits per heavy atom. The number of anilines is 1. The van der Waals surface area contributed by atoms with E-state index in [4.69, 9.17) is 40.6 Å². The third-order valence-electron chi connectivity index (χ3n) is 6.24. The fourth-order valence-corrected chi connectivity index (χ4v) is 6.25. The molecule has 0 aliphatic carbocycles. The molecule has 0 aromatic heterocycles. The lowest BCUT2D eigenvalue weighted by molar-refractivity contribution is -0.142. The molecule has 4 rings (SSSR count). The van der Waals surface area contributed by atoms with Crippen LogP contribution in [0.4, 0.5) is 5.69 Å². The van der Waals surface area contributed by atoms with Crippen molar-refractivity contribution in [3.05, 3.63) is 90.5 Å². The predicted molar refractivity (Wildman–Crippen MR) is 158 cm³/mol. The predicted octanol–water partition coefficient (Wildman–Crippen LogP) is 6.05. The van der Waals surface area contributed by atoms with E-state index in [-0.39, 0.29) is 17.3 Å². The summed E-state index contributed by atoms with van der Waals surface area (Å²) in [5, 5.41) is 8.12. The molecule has 4 nitrogen and oxygen atoms in total. The molecular weight excluding hydrogens is 613 g/mol. The van der Waals surface area contributed by atoms with Crippen LogP contribution in [0.5, 0.6) is 0 Å². The highest BCUT2D eigenvalue weighted by atomic mass is 127. The molecule has 3 aromatic carbocycles. The van der Waals surface area contributed by atoms with Crippen LogP contribution in [-0.2, 0) is 16.0 Å². The van der Waals surface area contributed by atoms with E-state index in [0.29, 0.717) is 16.5 Å². The smallest absolute Gasteiger partial charge is 0.322 e. The second kappa shape index (κ2) is 11.8. The van der Waals surface area contributed by atoms with Crippen LogP contribution in [0.15, 0.2) is 54.6 Å². The number of aryl methyl sites for hydroxylation is 1. The maximum Gasteiger partial charge on any atom is 0.322 e. The SMILES string of the molecule is COC(=O)C(Cc1ccc2c(c1)C(S)CC(c1c(Cl)cccc1Cl)N2)N[B]c1c(C)cccc1I. The summed E-state index contributed by atoms with van der Waals surface area (Å²) < 4.78 is 6.19. The van der Waals surface area contributed by atoms with E-state index in [0.717, 1.165) is 43.4 Å². The van der Waals surface area contributed by atoms with Crippen molar-refractivity contribution in [2.45, 2.75) is 37.1 Å². The highest BCUT2D eigenvalue weighted by molar-refractivity contribution is 14.1. The molecule has 35 heavy (non-hydrogen) atoms. The Labute approximate surface area is 236 Å². The minimum absolute atomic E-state index is 0.00631. The van der Waals surface area contributed by atoms with E-state index >= 15 is 0 Å². The van der Waals surface area contributed by atoms with Gasteiger partial charge in [-0.25, -0.2) is 0 Å². The second-order valence-electron chi connectivity index (χ2n) is 8.57. The fourth-order valence-electron chi connectivity index (χ4n) is 4.38. The zero-order valence-electron chi connectivity index (χ0n) is 19.3. The van der Waals surface area contributed by atoms with E-state index in [1.54, 1.807) is 0 Å². The summed E-state index contributed by atoms with van der Waals surface area (Å²) in [5.74, 6) is -0.309. The van der Waals surface area contributed by atoms with Gasteiger partial charge in [-0.3, -0.25) is 4.79 Å². The number of carbonyl (C=O) groups excluding carboxylic acids is 1. The average Bonchev–Trinajstić information content (AvgIpc) is 2.82. The van der Waals surface area contributed by atoms with Gasteiger partial charge in [0.05, 0.1) is 13.2 Å². The van der Waals surface area contributed by atoms with Gasteiger partial charge in [-0.15, -0.1) is 0 Å². The molecule has 181 valence electrons. The molecule has 3 atom stereocenters. The number of hydrogen-bond donors (Lipinski definition) is 3. The lowest BCUT2D eigenvalue weighted by Gasteiger charge is -2.32. The Morgan fingerprint density at radius 2 is 1.94 bits per heavy atom. The molecule has 2 N–H and O–H groups in total. The van der Waals surface area contributed by atoms with Gasteiger partial charge in [0.25, 0.3) is 0 Å². The Hall–Kier alpha value is -1.39. The zero-order chi connectivity index (χ0) is 25.1. The van der Waals surface area contributed by atoms with Crippen molar-refractivity contribution in [1.29, 1.82) is 0 Å². The van der Waals surface area contributed by atoms with Crippen LogP contribution in [0.1, 0.15) is 40.0 Å². The third-order valence-corrected chi connectivity index (χ3v) is 8.33. The van der Waals surface area contributed by atoms with E-state index < -0.39 is 6.04 Å². The van der Waals surface area contributed by atoms with Gasteiger partial charge in [0.1, 0.15) is 6.04 Å². The molecule has 1 radical (unpaired) electrons. The van der Waals surface area contributed by atoms with E-state index in [2.05, 4.69) is 52.2 Å². The van der Waals surface area contributed by atoms with E-state index in [9.17, 15) is 4.79 Å². The van der Waals surface area contributed by atoms with Gasteiger partial charge in [-0.1, -0.05) is 64.6 Å². The van der Waals surface area contributed by atoms with E-state index in [1.165, 1.54) is 7.11 Å². The van der Waals surface area contributed by atoms with Crippen LogP contribution < -0.4 is 16.0 Å². The Kier molecular flexibility index (Phi) is 8.97. The topological polar surface area (TPSA) is 50.4 Å². The maximum atomic E-state index is 12.6. The average molecular weight is 638 g/mol. The number of benzene rings is 3. The van der Waals surface area contributed by atoms with Crippen LogP contribution in [0.3, 0.4) is 0 Å². The first kappa shape index (κ1) is 26.7. The van der Waals surface area contributed by atoms with Crippen molar-refractivity contribution in [3.8, 4) is 0 Å². The lowest BCUT2D eigenvalue weighted by Crippen LogP contribution is -2.46. The summed E-state index contributed by atoms with van der Waals surface area (Å²) in [6.45, 7) is 2.05. The van der Waals surface area contributed by atoms with E-state index in [1.807, 2.05) is 49.9 Å². The first-order chi connectivity index (χ1) is 16.8. The number of rotatable bonds is 7. The van der Waals surface area contributed by atoms with Crippen LogP contribution in [-0.4, -0.2) is 26.5 Å². The molecule has 1 aliphatic heterocycles. The summed E-state index contributed by atoms with van der Waals surface area (Å²) in [6, 6.07) is 17.3. The Morgan fingerprint density at radius 1 is 1.23 bits per heavy atom. The van der Waals surface area contributed by atoms with Gasteiger partial charge < -0.3 is 15.3 Å². The van der Waals surface area contributed by atoms with Crippen LogP contribution in [0, 0.1) is 10.5 Å². The first-order valence-electron chi connectivity index (χ1n) is 11.2. The third kappa shape index (κ3) is 6.13. The van der Waals surface area contributed by atoms with Crippen molar-refractivity contribution in [2.75, 3.05) is 12.4 Å². The molecule has 9 heteroatoms. The van der Waals surface area contributed by atoms with Crippen molar-refractivity contribution in [3.63, 3.8) is 0 Å². The Balaban J connectivity index is 1.52. The quantitative estimate of drug-likeness (QED) is 0.128. The summed E-state index contributed by atoms with van der Waals surface area (Å²) in [7, 11) is 3.31. The van der Waals surface area contributed by atoms with Crippen molar-refractivity contribution >= 4 is 83.0 Å². The number of carbonyl (C=O) groups is 1. The fraction of sp³-hybridized carbons (Fsp3) is 0.269. The van der Waals surface area contributed by atoms with Gasteiger partial charge in [0, 0.05) is 30.1 Å². The van der Waals surface area contributed by atoms with Crippen molar-refractivity contribution < 1.29 is 9.53 Å². The van der Waals surface area contributed by atoms with Crippen LogP contribution in [0.25, 0.3) is 0 Å². The number of methoxy groups -OCH3 is 1. The monoisotopic (exact) mass is 637 g/mol. The molecule has 3 unspecified atom stereocenters. The number of nitrogens with one attached hydrogen (secondary N) is 2. The van der Waals surface area contributed by atoms with Crippen LogP contribution >= 0.6 is 58.4 Å². The highest BCUT2D eigenvalue weighted by Crippen LogP contribution is 2.45. The molecule has 0 saturated heterocycles. The van der Waals surface area contributed by atoms with Gasteiger partial charge in [-0.05, 0) is 77.7 Å². The van der Waals surface area contributed by atoms with Gasteiger partial charge in [-0.2, -0.15) is 12.6 Å². The molecule has 1 heterocycles. The van der Waals surface area contributed by atoms with Gasteiger partial charge in [0.2, 0.25) is 7.41 Å². The number of halogens is 3. The summed E-state index contributed by atoms with van der Waals surface area (Å²) in [5.41, 5.74) is 6.20. The summed E-state index contributed by atoms with van der Waals surface area (Å²) in [4.78, 5) is 12.6. The number of thiol groups is 1. The molecule has 1 aliphatic rings. The molecule has 0 spiro atoms. The van der Waals surface area contributed by atoms with Crippen molar-refractivity contribution in [1.82, 2.24) is 5.23 Å². The number of fused-ring (bicyclic) bond motifs is 1. The second-order valence-corrected chi connectivity index (χ2v) is 11.2. The van der Waals surface area contributed by atoms with Gasteiger partial charge >= 0.3 is 5.97 Å². The van der Waals surface area contributed by atoms with Crippen LogP contribution in [0.2, 0.25) is 10.0 Å². The highest BCUT2D eigenvalue weighted by Gasteiger charge is 2.29. The number of hydrogen-bond acceptors (Lipinski definition) is 5. The lowest BCUT2D eigenvalue weighted by atomic mass is 9.78. The maximum absolute atomic E-state index is 12.6. The first-order valence-corrected chi connectivity index (χ1v) is 13.6. The van der Waals surface area contributed by atoms with Gasteiger partial charge in [0.15, 0.2) is 0 Å². The number of ether oxygens (including phenoxy) is 1. The summed E-state index contributed by atoms with van der Waals surface area (Å²) >= 11 is 20.1. The number of esters is 1. The molecule has 0 saturated carbocycles. The molecule has 0 fully saturated rings. The minimum atomic E-state index is -0.516. The molecular formula is C26H25BCl2IN2O2S. The minimum Gasteiger partial charge on any atom is -0.468 e. The largest absolute Gasteiger partial charge is 0.468 e. The molecule has 3 aromatic rings. The molecule has 0 bridgehead atoms. The van der Waals surface area contributed by atoms with Crippen molar-refractivity contribution in [2.24, 2.45) is 0 Å². The zero-order valence-corrected chi connectivity index (χ0v) is 23.9. The normalized spacial score (nSPS) is 17.8.